The van der Waals surface area contributed by atoms with Crippen molar-refractivity contribution in [3.05, 3.63) is 35.4 Å². The van der Waals surface area contributed by atoms with Gasteiger partial charge in [0.1, 0.15) is 11.6 Å². The summed E-state index contributed by atoms with van der Waals surface area (Å²) in [6.07, 6.45) is 2.15. The standard InChI is InChI=1S/C17H26F2N2/c1-12-6-13(2)11-21(10-12)5-4-17(20-3)14-7-15(18)9-16(19)8-14/h7-9,12-13,17,20H,4-6,10-11H2,1-3H3. The molecule has 4 heteroatoms. The summed E-state index contributed by atoms with van der Waals surface area (Å²) < 4.78 is 26.7. The number of nitrogens with zero attached hydrogens (tertiary/aromatic N) is 1. The van der Waals surface area contributed by atoms with Crippen LogP contribution in [-0.2, 0) is 0 Å². The summed E-state index contributed by atoms with van der Waals surface area (Å²) >= 11 is 0. The van der Waals surface area contributed by atoms with E-state index in [0.29, 0.717) is 5.56 Å². The van der Waals surface area contributed by atoms with Crippen LogP contribution in [0.5, 0.6) is 0 Å². The Morgan fingerprint density at radius 2 is 1.71 bits per heavy atom. The molecule has 21 heavy (non-hydrogen) atoms. The first-order valence-corrected chi connectivity index (χ1v) is 7.83. The minimum atomic E-state index is -0.509. The lowest BCUT2D eigenvalue weighted by atomic mass is 9.91. The lowest BCUT2D eigenvalue weighted by Gasteiger charge is -2.35. The predicted molar refractivity (Wildman–Crippen MR) is 82.2 cm³/mol. The van der Waals surface area contributed by atoms with Gasteiger partial charge in [0.2, 0.25) is 0 Å². The van der Waals surface area contributed by atoms with Crippen LogP contribution in [0, 0.1) is 23.5 Å². The van der Waals surface area contributed by atoms with Crippen LogP contribution in [0.2, 0.25) is 0 Å². The second kappa shape index (κ2) is 7.32. The number of nitrogens with one attached hydrogen (secondary N) is 1. The van der Waals surface area contributed by atoms with Gasteiger partial charge in [0.15, 0.2) is 0 Å². The van der Waals surface area contributed by atoms with Gasteiger partial charge < -0.3 is 10.2 Å². The fourth-order valence-corrected chi connectivity index (χ4v) is 3.54. The second-order valence-corrected chi connectivity index (χ2v) is 6.54. The number of piperidine rings is 1. The van der Waals surface area contributed by atoms with E-state index in [-0.39, 0.29) is 6.04 Å². The zero-order chi connectivity index (χ0) is 15.4. The monoisotopic (exact) mass is 296 g/mol. The second-order valence-electron chi connectivity index (χ2n) is 6.54. The maximum atomic E-state index is 13.3. The average Bonchev–Trinajstić information content (AvgIpc) is 2.37. The van der Waals surface area contributed by atoms with Crippen LogP contribution in [0.4, 0.5) is 8.78 Å². The van der Waals surface area contributed by atoms with Crippen molar-refractivity contribution in [3.63, 3.8) is 0 Å². The number of rotatable bonds is 5. The molecule has 0 radical (unpaired) electrons. The van der Waals surface area contributed by atoms with Crippen LogP contribution in [0.3, 0.4) is 0 Å². The molecule has 2 nitrogen and oxygen atoms in total. The molecule has 0 aromatic heterocycles. The van der Waals surface area contributed by atoms with Crippen molar-refractivity contribution in [2.24, 2.45) is 11.8 Å². The molecule has 2 rings (SSSR count). The van der Waals surface area contributed by atoms with Gasteiger partial charge in [-0.2, -0.15) is 0 Å². The Hall–Kier alpha value is -1.00. The lowest BCUT2D eigenvalue weighted by molar-refractivity contribution is 0.136. The molecule has 0 saturated carbocycles. The molecule has 0 amide bonds. The Bertz CT molecular complexity index is 434. The third-order valence-electron chi connectivity index (χ3n) is 4.31. The van der Waals surface area contributed by atoms with E-state index in [1.807, 2.05) is 7.05 Å². The van der Waals surface area contributed by atoms with E-state index in [0.717, 1.165) is 44.0 Å². The minimum absolute atomic E-state index is 0.0114. The summed E-state index contributed by atoms with van der Waals surface area (Å²) in [5, 5.41) is 3.17. The molecule has 1 aromatic rings. The average molecular weight is 296 g/mol. The highest BCUT2D eigenvalue weighted by atomic mass is 19.1. The number of halogens is 2. The molecule has 1 fully saturated rings. The molecule has 1 aliphatic heterocycles. The summed E-state index contributed by atoms with van der Waals surface area (Å²) in [5.41, 5.74) is 0.688. The first-order chi connectivity index (χ1) is 9.97. The van der Waals surface area contributed by atoms with Crippen molar-refractivity contribution in [1.29, 1.82) is 0 Å². The molecular weight excluding hydrogens is 270 g/mol. The van der Waals surface area contributed by atoms with Gasteiger partial charge in [-0.1, -0.05) is 13.8 Å². The molecule has 1 aliphatic rings. The zero-order valence-corrected chi connectivity index (χ0v) is 13.2. The number of hydrogen-bond acceptors (Lipinski definition) is 2. The van der Waals surface area contributed by atoms with Gasteiger partial charge in [-0.25, -0.2) is 8.78 Å². The molecule has 118 valence electrons. The normalized spacial score (nSPS) is 25.0. The highest BCUT2D eigenvalue weighted by Crippen LogP contribution is 2.24. The summed E-state index contributed by atoms with van der Waals surface area (Å²) in [6, 6.07) is 3.75. The number of likely N-dealkylation sites (tertiary alicyclic amines) is 1. The smallest absolute Gasteiger partial charge is 0.126 e. The SMILES string of the molecule is CNC(CCN1CC(C)CC(C)C1)c1cc(F)cc(F)c1. The maximum absolute atomic E-state index is 13.3. The minimum Gasteiger partial charge on any atom is -0.313 e. The van der Waals surface area contributed by atoms with E-state index in [4.69, 9.17) is 0 Å². The van der Waals surface area contributed by atoms with Crippen LogP contribution < -0.4 is 5.32 Å². The molecule has 3 atom stereocenters. The quantitative estimate of drug-likeness (QED) is 0.893. The topological polar surface area (TPSA) is 15.3 Å². The van der Waals surface area contributed by atoms with Gasteiger partial charge in [-0.15, -0.1) is 0 Å². The third-order valence-corrected chi connectivity index (χ3v) is 4.31. The van der Waals surface area contributed by atoms with E-state index < -0.39 is 11.6 Å². The predicted octanol–water partition coefficient (Wildman–Crippen LogP) is 3.59. The van der Waals surface area contributed by atoms with Crippen molar-refractivity contribution in [3.8, 4) is 0 Å². The molecule has 1 heterocycles. The molecule has 1 aromatic carbocycles. The summed E-state index contributed by atoms with van der Waals surface area (Å²) in [4.78, 5) is 2.47. The molecule has 0 bridgehead atoms. The van der Waals surface area contributed by atoms with Crippen LogP contribution >= 0.6 is 0 Å². The fraction of sp³-hybridized carbons (Fsp3) is 0.647. The van der Waals surface area contributed by atoms with Gasteiger partial charge in [0, 0.05) is 25.2 Å². The molecule has 3 unspecified atom stereocenters. The Morgan fingerprint density at radius 1 is 1.14 bits per heavy atom. The molecule has 0 spiro atoms. The number of hydrogen-bond donors (Lipinski definition) is 1. The van der Waals surface area contributed by atoms with Crippen LogP contribution in [0.15, 0.2) is 18.2 Å². The Balaban J connectivity index is 1.96. The van der Waals surface area contributed by atoms with E-state index in [2.05, 4.69) is 24.1 Å². The third kappa shape index (κ3) is 4.75. The largest absolute Gasteiger partial charge is 0.313 e. The lowest BCUT2D eigenvalue weighted by Crippen LogP contribution is -2.40. The van der Waals surface area contributed by atoms with E-state index >= 15 is 0 Å². The Kier molecular flexibility index (Phi) is 5.71. The van der Waals surface area contributed by atoms with Gasteiger partial charge in [0.25, 0.3) is 0 Å². The van der Waals surface area contributed by atoms with Gasteiger partial charge in [-0.05, 0) is 56.0 Å². The zero-order valence-electron chi connectivity index (χ0n) is 13.2. The van der Waals surface area contributed by atoms with Gasteiger partial charge in [0.05, 0.1) is 0 Å². The van der Waals surface area contributed by atoms with Crippen molar-refractivity contribution in [1.82, 2.24) is 10.2 Å². The summed E-state index contributed by atoms with van der Waals surface area (Å²) in [7, 11) is 1.84. The number of benzene rings is 1. The van der Waals surface area contributed by atoms with Crippen molar-refractivity contribution >= 4 is 0 Å². The Labute approximate surface area is 126 Å². The molecule has 0 aliphatic carbocycles. The van der Waals surface area contributed by atoms with E-state index in [9.17, 15) is 8.78 Å². The van der Waals surface area contributed by atoms with Crippen LogP contribution in [-0.4, -0.2) is 31.6 Å². The Morgan fingerprint density at radius 3 is 2.24 bits per heavy atom. The molecule has 1 saturated heterocycles. The van der Waals surface area contributed by atoms with Crippen molar-refractivity contribution < 1.29 is 8.78 Å². The van der Waals surface area contributed by atoms with Crippen LogP contribution in [0.1, 0.15) is 38.3 Å². The van der Waals surface area contributed by atoms with Crippen molar-refractivity contribution in [2.45, 2.75) is 32.7 Å². The summed E-state index contributed by atoms with van der Waals surface area (Å²) in [6.45, 7) is 7.79. The molecule has 1 N–H and O–H groups in total. The fourth-order valence-electron chi connectivity index (χ4n) is 3.54. The first kappa shape index (κ1) is 16.4. The van der Waals surface area contributed by atoms with E-state index in [1.54, 1.807) is 0 Å². The van der Waals surface area contributed by atoms with Crippen LogP contribution in [0.25, 0.3) is 0 Å². The van der Waals surface area contributed by atoms with E-state index in [1.165, 1.54) is 18.6 Å². The van der Waals surface area contributed by atoms with Crippen molar-refractivity contribution in [2.75, 3.05) is 26.7 Å². The molecular formula is C17H26F2N2. The van der Waals surface area contributed by atoms with Gasteiger partial charge in [-0.3, -0.25) is 0 Å². The highest BCUT2D eigenvalue weighted by Gasteiger charge is 2.22. The van der Waals surface area contributed by atoms with Gasteiger partial charge >= 0.3 is 0 Å². The maximum Gasteiger partial charge on any atom is 0.126 e. The highest BCUT2D eigenvalue weighted by molar-refractivity contribution is 5.21. The first-order valence-electron chi connectivity index (χ1n) is 7.83. The summed E-state index contributed by atoms with van der Waals surface area (Å²) in [5.74, 6) is 0.442.